The maximum Gasteiger partial charge on any atom is 0.200 e. The summed E-state index contributed by atoms with van der Waals surface area (Å²) in [5.74, 6) is 0.980. The normalized spacial score (nSPS) is 18.2. The molecular weight excluding hydrogens is 224 g/mol. The molecule has 0 amide bonds. The third-order valence-electron chi connectivity index (χ3n) is 4.81. The molecule has 0 N–H and O–H groups in total. The van der Waals surface area contributed by atoms with Gasteiger partial charge in [0.15, 0.2) is 8.32 Å². The third-order valence-corrected chi connectivity index (χ3v) is 10.9. The summed E-state index contributed by atoms with van der Waals surface area (Å²) < 4.78 is 6.56. The zero-order valence-corrected chi connectivity index (χ0v) is 13.8. The van der Waals surface area contributed by atoms with Gasteiger partial charge in [0, 0.05) is 6.61 Å². The predicted octanol–water partition coefficient (Wildman–Crippen LogP) is 5.37. The van der Waals surface area contributed by atoms with Gasteiger partial charge in [-0.1, -0.05) is 60.8 Å². The van der Waals surface area contributed by atoms with Crippen molar-refractivity contribution in [3.8, 4) is 0 Å². The molecule has 1 saturated carbocycles. The maximum absolute atomic E-state index is 6.56. The van der Waals surface area contributed by atoms with E-state index in [0.717, 1.165) is 29.1 Å². The molecule has 0 heterocycles. The van der Waals surface area contributed by atoms with Crippen LogP contribution >= 0.6 is 0 Å². The lowest BCUT2D eigenvalue weighted by Crippen LogP contribution is -2.48. The Bertz CT molecular complexity index is 197. The fourth-order valence-corrected chi connectivity index (χ4v) is 9.16. The molecule has 1 aliphatic carbocycles. The third kappa shape index (κ3) is 3.34. The molecule has 1 nitrogen and oxygen atoms in total. The Labute approximate surface area is 109 Å². The van der Waals surface area contributed by atoms with Crippen LogP contribution in [0.4, 0.5) is 0 Å². The molecule has 102 valence electrons. The zero-order chi connectivity index (χ0) is 13.1. The van der Waals surface area contributed by atoms with Crippen molar-refractivity contribution in [3.05, 3.63) is 0 Å². The highest BCUT2D eigenvalue weighted by atomic mass is 28.4. The number of rotatable bonds is 7. The largest absolute Gasteiger partial charge is 0.416 e. The molecule has 2 heteroatoms. The summed E-state index contributed by atoms with van der Waals surface area (Å²) in [5.41, 5.74) is 2.18. The average molecular weight is 257 g/mol. The van der Waals surface area contributed by atoms with Crippen molar-refractivity contribution < 1.29 is 4.43 Å². The summed E-state index contributed by atoms with van der Waals surface area (Å²) in [5, 5.41) is 0. The molecule has 0 bridgehead atoms. The highest BCUT2D eigenvalue weighted by Gasteiger charge is 2.44. The molecule has 17 heavy (non-hydrogen) atoms. The van der Waals surface area contributed by atoms with Crippen molar-refractivity contribution in [2.75, 3.05) is 6.61 Å². The summed E-state index contributed by atoms with van der Waals surface area (Å²) >= 11 is 0. The first-order valence-corrected chi connectivity index (χ1v) is 9.69. The second kappa shape index (κ2) is 6.37. The Morgan fingerprint density at radius 1 is 0.941 bits per heavy atom. The van der Waals surface area contributed by atoms with Gasteiger partial charge in [0.05, 0.1) is 0 Å². The number of hydrogen-bond acceptors (Lipinski definition) is 1. The molecular formula is C15H32OSi. The Balaban J connectivity index is 2.54. The molecule has 1 fully saturated rings. The van der Waals surface area contributed by atoms with Gasteiger partial charge in [0.1, 0.15) is 0 Å². The minimum absolute atomic E-state index is 0.726. The van der Waals surface area contributed by atoms with Crippen LogP contribution < -0.4 is 0 Å². The van der Waals surface area contributed by atoms with Crippen molar-refractivity contribution in [1.29, 1.82) is 0 Å². The summed E-state index contributed by atoms with van der Waals surface area (Å²) in [6, 6.07) is 0. The van der Waals surface area contributed by atoms with E-state index in [0.29, 0.717) is 0 Å². The average Bonchev–Trinajstić information content (AvgIpc) is 2.13. The minimum Gasteiger partial charge on any atom is -0.416 e. The van der Waals surface area contributed by atoms with Crippen LogP contribution in [0.25, 0.3) is 0 Å². The Kier molecular flexibility index (Phi) is 5.71. The maximum atomic E-state index is 6.56. The van der Waals surface area contributed by atoms with Crippen molar-refractivity contribution in [1.82, 2.24) is 0 Å². The smallest absolute Gasteiger partial charge is 0.200 e. The van der Waals surface area contributed by atoms with Gasteiger partial charge in [0.25, 0.3) is 0 Å². The van der Waals surface area contributed by atoms with Gasteiger partial charge >= 0.3 is 0 Å². The molecule has 0 aliphatic heterocycles. The lowest BCUT2D eigenvalue weighted by molar-refractivity contribution is 0.205. The second-order valence-electron chi connectivity index (χ2n) is 6.75. The summed E-state index contributed by atoms with van der Waals surface area (Å²) in [7, 11) is -1.58. The van der Waals surface area contributed by atoms with Gasteiger partial charge in [-0.3, -0.25) is 0 Å². The summed E-state index contributed by atoms with van der Waals surface area (Å²) in [6.45, 7) is 15.2. The summed E-state index contributed by atoms with van der Waals surface area (Å²) in [6.07, 6.45) is 5.65. The van der Waals surface area contributed by atoms with Gasteiger partial charge in [0.2, 0.25) is 0 Å². The van der Waals surface area contributed by atoms with E-state index in [-0.39, 0.29) is 0 Å². The molecule has 0 atom stereocenters. The highest BCUT2D eigenvalue weighted by Crippen LogP contribution is 2.42. The van der Waals surface area contributed by atoms with Gasteiger partial charge in [-0.2, -0.15) is 0 Å². The van der Waals surface area contributed by atoms with Crippen molar-refractivity contribution >= 4 is 8.32 Å². The van der Waals surface area contributed by atoms with E-state index in [1.54, 1.807) is 0 Å². The van der Waals surface area contributed by atoms with Crippen LogP contribution in [-0.4, -0.2) is 14.9 Å². The quantitative estimate of drug-likeness (QED) is 0.557. The van der Waals surface area contributed by atoms with Crippen LogP contribution in [0.5, 0.6) is 0 Å². The van der Waals surface area contributed by atoms with Gasteiger partial charge in [-0.25, -0.2) is 0 Å². The molecule has 0 spiro atoms. The second-order valence-corrected chi connectivity index (χ2v) is 12.2. The monoisotopic (exact) mass is 256 g/mol. The zero-order valence-electron chi connectivity index (χ0n) is 12.8. The first-order chi connectivity index (χ1) is 7.91. The lowest BCUT2D eigenvalue weighted by atomic mass is 9.83. The molecule has 0 radical (unpaired) electrons. The topological polar surface area (TPSA) is 9.23 Å². The molecule has 0 aromatic heterocycles. The van der Waals surface area contributed by atoms with E-state index >= 15 is 0 Å². The van der Waals surface area contributed by atoms with E-state index in [1.807, 2.05) is 0 Å². The van der Waals surface area contributed by atoms with E-state index < -0.39 is 8.32 Å². The SMILES string of the molecule is CC(C)[Si](OCCC1CCC1)(C(C)C)C(C)C. The van der Waals surface area contributed by atoms with Gasteiger partial charge < -0.3 is 4.43 Å². The molecule has 1 aliphatic rings. The lowest BCUT2D eigenvalue weighted by Gasteiger charge is -2.42. The Morgan fingerprint density at radius 3 is 1.71 bits per heavy atom. The van der Waals surface area contributed by atoms with Crippen molar-refractivity contribution in [2.24, 2.45) is 5.92 Å². The highest BCUT2D eigenvalue weighted by molar-refractivity contribution is 6.77. The fourth-order valence-electron chi connectivity index (χ4n) is 3.68. The van der Waals surface area contributed by atoms with Gasteiger partial charge in [-0.15, -0.1) is 0 Å². The first-order valence-electron chi connectivity index (χ1n) is 7.55. The minimum atomic E-state index is -1.58. The standard InChI is InChI=1S/C15H32OSi/c1-12(2)17(13(3)4,14(5)6)16-11-10-15-8-7-9-15/h12-15H,7-11H2,1-6H3. The van der Waals surface area contributed by atoms with Crippen molar-refractivity contribution in [3.63, 3.8) is 0 Å². The molecule has 0 aromatic carbocycles. The van der Waals surface area contributed by atoms with E-state index in [2.05, 4.69) is 41.5 Å². The molecule has 0 aromatic rings. The van der Waals surface area contributed by atoms with Gasteiger partial charge in [-0.05, 0) is 29.0 Å². The van der Waals surface area contributed by atoms with Crippen LogP contribution in [0, 0.1) is 5.92 Å². The van der Waals surface area contributed by atoms with E-state index in [9.17, 15) is 0 Å². The summed E-state index contributed by atoms with van der Waals surface area (Å²) in [4.78, 5) is 0. The predicted molar refractivity (Wildman–Crippen MR) is 79.0 cm³/mol. The Morgan fingerprint density at radius 2 is 1.41 bits per heavy atom. The van der Waals surface area contributed by atoms with E-state index in [1.165, 1.54) is 25.7 Å². The van der Waals surface area contributed by atoms with Crippen LogP contribution in [0.3, 0.4) is 0 Å². The molecule has 1 rings (SSSR count). The van der Waals surface area contributed by atoms with Crippen LogP contribution in [0.1, 0.15) is 67.2 Å². The molecule has 0 unspecified atom stereocenters. The van der Waals surface area contributed by atoms with Crippen LogP contribution in [0.2, 0.25) is 16.6 Å². The number of hydrogen-bond donors (Lipinski definition) is 0. The van der Waals surface area contributed by atoms with Crippen LogP contribution in [-0.2, 0) is 4.43 Å². The fraction of sp³-hybridized carbons (Fsp3) is 1.00. The molecule has 0 saturated heterocycles. The van der Waals surface area contributed by atoms with Crippen molar-refractivity contribution in [2.45, 2.75) is 83.8 Å². The van der Waals surface area contributed by atoms with E-state index in [4.69, 9.17) is 4.43 Å². The Hall–Kier alpha value is 0.177. The first kappa shape index (κ1) is 15.2. The van der Waals surface area contributed by atoms with Crippen LogP contribution in [0.15, 0.2) is 0 Å².